The van der Waals surface area contributed by atoms with E-state index in [4.69, 9.17) is 9.72 Å². The summed E-state index contributed by atoms with van der Waals surface area (Å²) in [5, 5.41) is 2.25. The zero-order chi connectivity index (χ0) is 50.8. The zero-order valence-corrected chi connectivity index (χ0v) is 46.6. The van der Waals surface area contributed by atoms with Gasteiger partial charge in [0.05, 0.1) is 17.1 Å². The average Bonchev–Trinajstić information content (AvgIpc) is 3.95. The van der Waals surface area contributed by atoms with E-state index in [0.717, 1.165) is 50.4 Å². The minimum absolute atomic E-state index is 0. The third kappa shape index (κ3) is 9.54. The van der Waals surface area contributed by atoms with Crippen molar-refractivity contribution in [1.82, 2.24) is 14.1 Å². The summed E-state index contributed by atoms with van der Waals surface area (Å²) >= 11 is 0. The maximum absolute atomic E-state index is 6.88. The largest absolute Gasteiger partial charge is 0.510 e. The SMILES string of the molecule is CC(C)(C)c1ccnc(-n2c3[c-]c(Oc4[c-]c(-n5[c-][n+](-c6cccc(C(C)(C)c7ccccc7)c6)c(C(C)(C)c6ccccc6)c5C(C)(C)c5ccccc5)ccc4)ccc3c3cc(C(C)(C)C)ccc32)c1.[Pt]. The first-order chi connectivity index (χ1) is 34.2. The number of hydrogen-bond acceptors (Lipinski definition) is 2. The van der Waals surface area contributed by atoms with Gasteiger partial charge in [-0.25, -0.2) is 4.98 Å². The number of imidazole rings is 1. The van der Waals surface area contributed by atoms with Crippen molar-refractivity contribution in [2.45, 2.75) is 110 Å². The Kier molecular flexibility index (Phi) is 13.5. The summed E-state index contributed by atoms with van der Waals surface area (Å²) in [6.07, 6.45) is 5.89. The van der Waals surface area contributed by atoms with E-state index in [9.17, 15) is 0 Å². The van der Waals surface area contributed by atoms with E-state index in [0.29, 0.717) is 11.5 Å². The second kappa shape index (κ2) is 19.2. The quantitative estimate of drug-likeness (QED) is 0.0956. The second-order valence-electron chi connectivity index (χ2n) is 23.0. The fourth-order valence-corrected chi connectivity index (χ4v) is 10.4. The number of rotatable bonds is 11. The predicted molar refractivity (Wildman–Crippen MR) is 296 cm³/mol. The van der Waals surface area contributed by atoms with E-state index >= 15 is 0 Å². The van der Waals surface area contributed by atoms with Crippen molar-refractivity contribution in [3.8, 4) is 28.7 Å². The summed E-state index contributed by atoms with van der Waals surface area (Å²) in [5.41, 5.74) is 12.1. The molecule has 0 aliphatic carbocycles. The molecule has 0 saturated heterocycles. The Balaban J connectivity index is 0.00000656. The molecule has 0 saturated carbocycles. The fourth-order valence-electron chi connectivity index (χ4n) is 10.4. The van der Waals surface area contributed by atoms with Gasteiger partial charge in [-0.15, -0.1) is 29.7 Å². The molecule has 0 bridgehead atoms. The summed E-state index contributed by atoms with van der Waals surface area (Å²) in [7, 11) is 0. The van der Waals surface area contributed by atoms with Gasteiger partial charge in [0, 0.05) is 60.5 Å². The van der Waals surface area contributed by atoms with Crippen LogP contribution >= 0.6 is 0 Å². The van der Waals surface area contributed by atoms with Crippen LogP contribution in [-0.2, 0) is 48.1 Å². The number of ether oxygens (including phenoxy) is 1. The van der Waals surface area contributed by atoms with Crippen molar-refractivity contribution in [2.24, 2.45) is 0 Å². The molecule has 5 nitrogen and oxygen atoms in total. The molecular weight excluding hydrogens is 1070 g/mol. The molecule has 372 valence electrons. The molecular formula is C67H66N4OPt-2. The van der Waals surface area contributed by atoms with E-state index in [1.807, 2.05) is 18.3 Å². The van der Waals surface area contributed by atoms with Crippen LogP contribution in [0.25, 0.3) is 39.0 Å². The van der Waals surface area contributed by atoms with Crippen molar-refractivity contribution in [2.75, 3.05) is 0 Å². The molecule has 0 unspecified atom stereocenters. The van der Waals surface area contributed by atoms with Crippen LogP contribution in [0.4, 0.5) is 0 Å². The van der Waals surface area contributed by atoms with Gasteiger partial charge < -0.3 is 13.9 Å². The summed E-state index contributed by atoms with van der Waals surface area (Å²) < 4.78 is 13.6. The van der Waals surface area contributed by atoms with Crippen molar-refractivity contribution >= 4 is 21.8 Å². The molecule has 6 heteroatoms. The molecule has 0 radical (unpaired) electrons. The molecule has 3 heterocycles. The monoisotopic (exact) mass is 1140 g/mol. The Bertz CT molecular complexity index is 3590. The van der Waals surface area contributed by atoms with Crippen molar-refractivity contribution in [3.63, 3.8) is 0 Å². The molecule has 0 fully saturated rings. The standard InChI is InChI=1S/C67H66N4O.Pt/c1-63(2,3)49-34-37-58-57(41-49)56-36-35-55(44-59(56)71(58)60-42-50(38-39-68-60)64(4,5)6)72-54-33-23-32-53(43-54)70-45-69(52-31-22-30-51(40-52)65(7,8)46-24-16-13-17-25-46)61(66(9,10)47-26-18-14-19-27-47)62(70)67(11,12)48-28-20-15-21-29-48;/h13-42H,1-12H3;/q-2;. The molecule has 10 rings (SSSR count). The van der Waals surface area contributed by atoms with Crippen LogP contribution in [0, 0.1) is 18.5 Å². The number of nitrogens with zero attached hydrogens (tertiary/aromatic N) is 4. The molecule has 7 aromatic carbocycles. The first-order valence-corrected chi connectivity index (χ1v) is 25.3. The maximum atomic E-state index is 6.88. The average molecular weight is 1140 g/mol. The normalized spacial score (nSPS) is 12.5. The minimum Gasteiger partial charge on any atom is -0.510 e. The smallest absolute Gasteiger partial charge is 0.267 e. The first kappa shape index (κ1) is 51.1. The van der Waals surface area contributed by atoms with Crippen LogP contribution < -0.4 is 9.30 Å². The fraction of sp³-hybridized carbons (Fsp3) is 0.254. The van der Waals surface area contributed by atoms with Crippen LogP contribution in [-0.4, -0.2) is 14.1 Å². The van der Waals surface area contributed by atoms with E-state index in [1.165, 1.54) is 33.4 Å². The van der Waals surface area contributed by atoms with Gasteiger partial charge in [-0.1, -0.05) is 204 Å². The van der Waals surface area contributed by atoms with Crippen molar-refractivity contribution in [1.29, 1.82) is 0 Å². The number of benzene rings is 7. The number of pyridine rings is 1. The van der Waals surface area contributed by atoms with Crippen molar-refractivity contribution < 1.29 is 30.4 Å². The Morgan fingerprint density at radius 3 is 1.66 bits per heavy atom. The number of aromatic nitrogens is 4. The molecule has 0 atom stereocenters. The summed E-state index contributed by atoms with van der Waals surface area (Å²) in [4.78, 5) is 4.96. The zero-order valence-electron chi connectivity index (χ0n) is 44.3. The van der Waals surface area contributed by atoms with E-state index in [1.54, 1.807) is 0 Å². The molecule has 73 heavy (non-hydrogen) atoms. The second-order valence-corrected chi connectivity index (χ2v) is 23.0. The maximum Gasteiger partial charge on any atom is 0.267 e. The minimum atomic E-state index is -0.507. The molecule has 0 spiro atoms. The van der Waals surface area contributed by atoms with Crippen LogP contribution in [0.1, 0.15) is 128 Å². The third-order valence-electron chi connectivity index (χ3n) is 14.9. The van der Waals surface area contributed by atoms with E-state index < -0.39 is 10.8 Å². The summed E-state index contributed by atoms with van der Waals surface area (Å²) in [5.74, 6) is 2.01. The molecule has 0 amide bonds. The Hall–Kier alpha value is -6.81. The van der Waals surface area contributed by atoms with Gasteiger partial charge >= 0.3 is 0 Å². The van der Waals surface area contributed by atoms with E-state index in [2.05, 4.69) is 279 Å². The molecule has 0 N–H and O–H groups in total. The van der Waals surface area contributed by atoms with Crippen LogP contribution in [0.5, 0.6) is 11.5 Å². The summed E-state index contributed by atoms with van der Waals surface area (Å²) in [6, 6.07) is 70.3. The molecule has 0 aliphatic rings. The first-order valence-electron chi connectivity index (χ1n) is 25.3. The van der Waals surface area contributed by atoms with Crippen LogP contribution in [0.3, 0.4) is 0 Å². The van der Waals surface area contributed by atoms with Gasteiger partial charge in [0.25, 0.3) is 6.33 Å². The van der Waals surface area contributed by atoms with Gasteiger partial charge in [0.1, 0.15) is 5.82 Å². The molecule has 3 aromatic heterocycles. The number of fused-ring (bicyclic) bond motifs is 3. The Morgan fingerprint density at radius 2 is 1.03 bits per heavy atom. The van der Waals surface area contributed by atoms with Gasteiger partial charge in [0.15, 0.2) is 0 Å². The third-order valence-corrected chi connectivity index (χ3v) is 14.9. The summed E-state index contributed by atoms with van der Waals surface area (Å²) in [6.45, 7) is 27.4. The van der Waals surface area contributed by atoms with Gasteiger partial charge in [-0.05, 0) is 85.6 Å². The van der Waals surface area contributed by atoms with E-state index in [-0.39, 0.29) is 37.3 Å². The number of hydrogen-bond donors (Lipinski definition) is 0. The van der Waals surface area contributed by atoms with Crippen molar-refractivity contribution in [3.05, 3.63) is 245 Å². The predicted octanol–water partition coefficient (Wildman–Crippen LogP) is 16.0. The van der Waals surface area contributed by atoms with Crippen LogP contribution in [0.2, 0.25) is 0 Å². The Morgan fingerprint density at radius 1 is 0.466 bits per heavy atom. The van der Waals surface area contributed by atoms with Crippen LogP contribution in [0.15, 0.2) is 182 Å². The molecule has 10 aromatic rings. The van der Waals surface area contributed by atoms with Gasteiger partial charge in [-0.3, -0.25) is 4.57 Å². The topological polar surface area (TPSA) is 35.9 Å². The van der Waals surface area contributed by atoms with Gasteiger partial charge in [-0.2, -0.15) is 18.2 Å². The van der Waals surface area contributed by atoms with Gasteiger partial charge in [0.2, 0.25) is 0 Å². The Labute approximate surface area is 447 Å². The molecule has 0 aliphatic heterocycles.